The van der Waals surface area contributed by atoms with Crippen LogP contribution in [0.1, 0.15) is 24.8 Å². The van der Waals surface area contributed by atoms with Gasteiger partial charge in [-0.15, -0.1) is 0 Å². The van der Waals surface area contributed by atoms with E-state index in [1.165, 1.54) is 22.0 Å². The van der Waals surface area contributed by atoms with Crippen LogP contribution in [0.3, 0.4) is 0 Å². The second-order valence-corrected chi connectivity index (χ2v) is 10.5. The van der Waals surface area contributed by atoms with Gasteiger partial charge in [-0.05, 0) is 49.1 Å². The highest BCUT2D eigenvalue weighted by Gasteiger charge is 2.34. The molecule has 2 aromatic carbocycles. The van der Waals surface area contributed by atoms with E-state index in [9.17, 15) is 17.6 Å². The standard InChI is InChI=1S/C24H30FN3O3S/c25-22-7-9-23(10-8-22)32(30,31)28-15-11-21(12-16-28)24(29)27-14-4-13-26(17-18-27)19-20-5-2-1-3-6-20/h1-3,5-10,21H,4,11-19H2. The van der Waals surface area contributed by atoms with Gasteiger partial charge in [0.1, 0.15) is 5.82 Å². The van der Waals surface area contributed by atoms with Gasteiger partial charge in [0.15, 0.2) is 0 Å². The Morgan fingerprint density at radius 1 is 0.875 bits per heavy atom. The SMILES string of the molecule is O=C(C1CCN(S(=O)(=O)c2ccc(F)cc2)CC1)N1CCCN(Cc2ccccc2)CC1. The first-order chi connectivity index (χ1) is 15.4. The molecule has 1 amide bonds. The monoisotopic (exact) mass is 459 g/mol. The van der Waals surface area contributed by atoms with Gasteiger partial charge in [0.05, 0.1) is 4.90 Å². The lowest BCUT2D eigenvalue weighted by Gasteiger charge is -2.33. The molecule has 6 nitrogen and oxygen atoms in total. The van der Waals surface area contributed by atoms with Gasteiger partial charge in [-0.1, -0.05) is 30.3 Å². The van der Waals surface area contributed by atoms with E-state index < -0.39 is 15.8 Å². The van der Waals surface area contributed by atoms with E-state index in [4.69, 9.17) is 0 Å². The number of carbonyl (C=O) groups is 1. The van der Waals surface area contributed by atoms with Crippen molar-refractivity contribution in [2.75, 3.05) is 39.3 Å². The Morgan fingerprint density at radius 3 is 2.25 bits per heavy atom. The van der Waals surface area contributed by atoms with Crippen LogP contribution < -0.4 is 0 Å². The zero-order valence-electron chi connectivity index (χ0n) is 18.2. The fourth-order valence-electron chi connectivity index (χ4n) is 4.55. The number of piperidine rings is 1. The van der Waals surface area contributed by atoms with Gasteiger partial charge >= 0.3 is 0 Å². The lowest BCUT2D eigenvalue weighted by Crippen LogP contribution is -2.45. The first-order valence-corrected chi connectivity index (χ1v) is 12.7. The summed E-state index contributed by atoms with van der Waals surface area (Å²) in [7, 11) is -3.66. The smallest absolute Gasteiger partial charge is 0.243 e. The van der Waals surface area contributed by atoms with Crippen molar-refractivity contribution in [2.24, 2.45) is 5.92 Å². The highest BCUT2D eigenvalue weighted by Crippen LogP contribution is 2.26. The van der Waals surface area contributed by atoms with Crippen LogP contribution in [-0.4, -0.2) is 67.7 Å². The third-order valence-electron chi connectivity index (χ3n) is 6.40. The van der Waals surface area contributed by atoms with Crippen LogP contribution in [0.5, 0.6) is 0 Å². The molecule has 2 heterocycles. The maximum absolute atomic E-state index is 13.1. The predicted octanol–water partition coefficient (Wildman–Crippen LogP) is 2.96. The molecule has 0 radical (unpaired) electrons. The van der Waals surface area contributed by atoms with E-state index in [-0.39, 0.29) is 16.7 Å². The van der Waals surface area contributed by atoms with E-state index in [1.807, 2.05) is 23.1 Å². The molecule has 2 aliphatic heterocycles. The molecule has 0 aliphatic carbocycles. The fourth-order valence-corrected chi connectivity index (χ4v) is 6.02. The predicted molar refractivity (Wildman–Crippen MR) is 121 cm³/mol. The summed E-state index contributed by atoms with van der Waals surface area (Å²) >= 11 is 0. The van der Waals surface area contributed by atoms with Crippen molar-refractivity contribution >= 4 is 15.9 Å². The highest BCUT2D eigenvalue weighted by atomic mass is 32.2. The number of halogens is 1. The first kappa shape index (κ1) is 22.9. The summed E-state index contributed by atoms with van der Waals surface area (Å²) in [6.45, 7) is 4.78. The van der Waals surface area contributed by atoms with E-state index >= 15 is 0 Å². The average Bonchev–Trinajstić information content (AvgIpc) is 3.05. The minimum atomic E-state index is -3.66. The molecule has 172 valence electrons. The zero-order chi connectivity index (χ0) is 22.6. The summed E-state index contributed by atoms with van der Waals surface area (Å²) in [6.07, 6.45) is 1.98. The number of hydrogen-bond donors (Lipinski definition) is 0. The number of hydrogen-bond acceptors (Lipinski definition) is 4. The minimum absolute atomic E-state index is 0.0923. The van der Waals surface area contributed by atoms with Crippen molar-refractivity contribution in [3.63, 3.8) is 0 Å². The van der Waals surface area contributed by atoms with Gasteiger partial charge in [0.2, 0.25) is 15.9 Å². The molecule has 2 fully saturated rings. The van der Waals surface area contributed by atoms with Crippen LogP contribution in [-0.2, 0) is 21.4 Å². The Hall–Kier alpha value is -2.29. The summed E-state index contributed by atoms with van der Waals surface area (Å²) in [5.41, 5.74) is 1.28. The Morgan fingerprint density at radius 2 is 1.56 bits per heavy atom. The molecule has 32 heavy (non-hydrogen) atoms. The Labute approximate surface area is 189 Å². The third-order valence-corrected chi connectivity index (χ3v) is 8.32. The van der Waals surface area contributed by atoms with Crippen molar-refractivity contribution in [1.82, 2.24) is 14.1 Å². The lowest BCUT2D eigenvalue weighted by atomic mass is 9.96. The summed E-state index contributed by atoms with van der Waals surface area (Å²) < 4.78 is 40.2. The molecule has 0 unspecified atom stereocenters. The van der Waals surface area contributed by atoms with Crippen LogP contribution in [0.4, 0.5) is 4.39 Å². The van der Waals surface area contributed by atoms with Gasteiger partial charge in [0, 0.05) is 51.7 Å². The molecule has 0 spiro atoms. The number of benzene rings is 2. The van der Waals surface area contributed by atoms with E-state index in [1.54, 1.807) is 0 Å². The van der Waals surface area contributed by atoms with Crippen molar-refractivity contribution in [3.8, 4) is 0 Å². The number of rotatable bonds is 5. The number of sulfonamides is 1. The second-order valence-electron chi connectivity index (χ2n) is 8.57. The van der Waals surface area contributed by atoms with Gasteiger partial charge in [0.25, 0.3) is 0 Å². The van der Waals surface area contributed by atoms with Crippen LogP contribution in [0.25, 0.3) is 0 Å². The molecule has 0 bridgehead atoms. The van der Waals surface area contributed by atoms with Crippen LogP contribution in [0.2, 0.25) is 0 Å². The number of amides is 1. The normalized spacial score (nSPS) is 19.6. The third kappa shape index (κ3) is 5.36. The van der Waals surface area contributed by atoms with Gasteiger partial charge in [-0.2, -0.15) is 4.31 Å². The summed E-state index contributed by atoms with van der Waals surface area (Å²) in [6, 6.07) is 15.3. The maximum Gasteiger partial charge on any atom is 0.243 e. The molecular formula is C24H30FN3O3S. The van der Waals surface area contributed by atoms with Crippen molar-refractivity contribution < 1.29 is 17.6 Å². The van der Waals surface area contributed by atoms with Crippen molar-refractivity contribution in [2.45, 2.75) is 30.7 Å². The van der Waals surface area contributed by atoms with Crippen molar-refractivity contribution in [1.29, 1.82) is 0 Å². The number of carbonyl (C=O) groups excluding carboxylic acids is 1. The topological polar surface area (TPSA) is 60.9 Å². The van der Waals surface area contributed by atoms with Gasteiger partial charge < -0.3 is 4.90 Å². The molecule has 0 aromatic heterocycles. The molecule has 0 atom stereocenters. The molecule has 0 saturated carbocycles. The van der Waals surface area contributed by atoms with Gasteiger partial charge in [-0.3, -0.25) is 9.69 Å². The molecule has 2 aliphatic rings. The molecular weight excluding hydrogens is 429 g/mol. The Bertz CT molecular complexity index is 1010. The molecule has 2 saturated heterocycles. The van der Waals surface area contributed by atoms with E-state index in [0.29, 0.717) is 32.5 Å². The van der Waals surface area contributed by atoms with Crippen molar-refractivity contribution in [3.05, 3.63) is 66.0 Å². The van der Waals surface area contributed by atoms with Gasteiger partial charge in [-0.25, -0.2) is 12.8 Å². The van der Waals surface area contributed by atoms with Crippen LogP contribution in [0, 0.1) is 11.7 Å². The number of nitrogens with zero attached hydrogens (tertiary/aromatic N) is 3. The fraction of sp³-hybridized carbons (Fsp3) is 0.458. The van der Waals surface area contributed by atoms with E-state index in [0.717, 1.165) is 44.7 Å². The first-order valence-electron chi connectivity index (χ1n) is 11.2. The Kier molecular flexibility index (Phi) is 7.23. The second kappa shape index (κ2) is 10.1. The summed E-state index contributed by atoms with van der Waals surface area (Å²) in [4.78, 5) is 17.6. The zero-order valence-corrected chi connectivity index (χ0v) is 19.0. The summed E-state index contributed by atoms with van der Waals surface area (Å²) in [5, 5.41) is 0. The summed E-state index contributed by atoms with van der Waals surface area (Å²) in [5.74, 6) is -0.464. The molecule has 2 aromatic rings. The van der Waals surface area contributed by atoms with Crippen LogP contribution >= 0.6 is 0 Å². The molecule has 8 heteroatoms. The minimum Gasteiger partial charge on any atom is -0.341 e. The van der Waals surface area contributed by atoms with Crippen LogP contribution in [0.15, 0.2) is 59.5 Å². The maximum atomic E-state index is 13.1. The van der Waals surface area contributed by atoms with E-state index in [2.05, 4.69) is 17.0 Å². The molecule has 4 rings (SSSR count). The quantitative estimate of drug-likeness (QED) is 0.690. The highest BCUT2D eigenvalue weighted by molar-refractivity contribution is 7.89. The average molecular weight is 460 g/mol. The Balaban J connectivity index is 1.30. The largest absolute Gasteiger partial charge is 0.341 e. The lowest BCUT2D eigenvalue weighted by molar-refractivity contribution is -0.136. The molecule has 0 N–H and O–H groups in total.